The normalized spacial score (nSPS) is 25.2. The molecule has 0 aromatic rings. The molecule has 68 valence electrons. The second kappa shape index (κ2) is 6.05. The Morgan fingerprint density at radius 3 is 2.83 bits per heavy atom. The Morgan fingerprint density at radius 1 is 1.17 bits per heavy atom. The van der Waals surface area contributed by atoms with Crippen molar-refractivity contribution in [3.8, 4) is 0 Å². The van der Waals surface area contributed by atoms with E-state index in [1.165, 1.54) is 44.9 Å². The highest BCUT2D eigenvalue weighted by Gasteiger charge is 1.97. The van der Waals surface area contributed by atoms with Gasteiger partial charge in [0.1, 0.15) is 0 Å². The van der Waals surface area contributed by atoms with Gasteiger partial charge in [0.25, 0.3) is 0 Å². The molecule has 0 unspecified atom stereocenters. The van der Waals surface area contributed by atoms with Crippen molar-refractivity contribution in [1.29, 1.82) is 0 Å². The fraction of sp³-hybridized carbons (Fsp3) is 0.667. The van der Waals surface area contributed by atoms with Gasteiger partial charge >= 0.3 is 0 Å². The summed E-state index contributed by atoms with van der Waals surface area (Å²) in [6.07, 6.45) is 16.2. The van der Waals surface area contributed by atoms with E-state index < -0.39 is 0 Å². The molecule has 0 radical (unpaired) electrons. The highest BCUT2D eigenvalue weighted by molar-refractivity contribution is 5.06. The molecule has 0 spiro atoms. The maximum Gasteiger partial charge on any atom is -0.0286 e. The average molecular weight is 164 g/mol. The van der Waals surface area contributed by atoms with Gasteiger partial charge in [0.05, 0.1) is 0 Å². The fourth-order valence-electron chi connectivity index (χ4n) is 1.62. The Morgan fingerprint density at radius 2 is 2.00 bits per heavy atom. The molecule has 0 heteroatoms. The Bertz CT molecular complexity index is 163. The van der Waals surface area contributed by atoms with Crippen LogP contribution in [0.3, 0.4) is 0 Å². The zero-order valence-corrected chi connectivity index (χ0v) is 8.18. The first-order valence-corrected chi connectivity index (χ1v) is 5.26. The van der Waals surface area contributed by atoms with E-state index in [2.05, 4.69) is 25.2 Å². The van der Waals surface area contributed by atoms with Crippen molar-refractivity contribution in [2.75, 3.05) is 0 Å². The van der Waals surface area contributed by atoms with Crippen LogP contribution in [0.4, 0.5) is 0 Å². The largest absolute Gasteiger partial charge is 0.0882 e. The average Bonchev–Trinajstić information content (AvgIpc) is 2.02. The zero-order valence-electron chi connectivity index (χ0n) is 8.18. The molecule has 0 aliphatic heterocycles. The summed E-state index contributed by atoms with van der Waals surface area (Å²) in [7, 11) is 0. The number of rotatable bonds is 3. The van der Waals surface area contributed by atoms with Crippen LogP contribution in [0.1, 0.15) is 51.9 Å². The number of hydrogen-bond acceptors (Lipinski definition) is 0. The fourth-order valence-corrected chi connectivity index (χ4v) is 1.62. The lowest BCUT2D eigenvalue weighted by molar-refractivity contribution is 0.743. The predicted molar refractivity (Wildman–Crippen MR) is 55.2 cm³/mol. The molecule has 0 bridgehead atoms. The van der Waals surface area contributed by atoms with Crippen LogP contribution in [0.25, 0.3) is 0 Å². The molecule has 0 nitrogen and oxygen atoms in total. The monoisotopic (exact) mass is 164 g/mol. The van der Waals surface area contributed by atoms with Gasteiger partial charge in [-0.3, -0.25) is 0 Å². The van der Waals surface area contributed by atoms with Crippen LogP contribution in [0.15, 0.2) is 23.8 Å². The van der Waals surface area contributed by atoms with Gasteiger partial charge in [0, 0.05) is 0 Å². The van der Waals surface area contributed by atoms with Crippen LogP contribution >= 0.6 is 0 Å². The molecule has 0 aromatic carbocycles. The first-order chi connectivity index (χ1) is 5.93. The highest BCUT2D eigenvalue weighted by atomic mass is 14.0. The van der Waals surface area contributed by atoms with Crippen molar-refractivity contribution < 1.29 is 0 Å². The third-order valence-corrected chi connectivity index (χ3v) is 2.42. The van der Waals surface area contributed by atoms with Crippen LogP contribution in [-0.4, -0.2) is 0 Å². The molecular formula is C12H20. The summed E-state index contributed by atoms with van der Waals surface area (Å²) in [5.74, 6) is 0. The molecule has 0 saturated heterocycles. The summed E-state index contributed by atoms with van der Waals surface area (Å²) >= 11 is 0. The van der Waals surface area contributed by atoms with Gasteiger partial charge in [-0.2, -0.15) is 0 Å². The Hall–Kier alpha value is -0.520. The molecule has 0 atom stereocenters. The molecule has 12 heavy (non-hydrogen) atoms. The van der Waals surface area contributed by atoms with Gasteiger partial charge in [0.15, 0.2) is 0 Å². The van der Waals surface area contributed by atoms with E-state index in [-0.39, 0.29) is 0 Å². The van der Waals surface area contributed by atoms with Crippen molar-refractivity contribution >= 4 is 0 Å². The summed E-state index contributed by atoms with van der Waals surface area (Å²) in [6, 6.07) is 0. The van der Waals surface area contributed by atoms with Crippen molar-refractivity contribution in [2.45, 2.75) is 51.9 Å². The minimum Gasteiger partial charge on any atom is -0.0882 e. The molecule has 0 N–H and O–H groups in total. The first kappa shape index (κ1) is 9.57. The molecule has 0 amide bonds. The minimum absolute atomic E-state index is 1.25. The first-order valence-electron chi connectivity index (χ1n) is 5.26. The van der Waals surface area contributed by atoms with Gasteiger partial charge in [-0.05, 0) is 38.5 Å². The summed E-state index contributed by atoms with van der Waals surface area (Å²) in [5, 5.41) is 0. The molecule has 1 rings (SSSR count). The van der Waals surface area contributed by atoms with Crippen molar-refractivity contribution in [1.82, 2.24) is 0 Å². The van der Waals surface area contributed by atoms with E-state index in [0.29, 0.717) is 0 Å². The summed E-state index contributed by atoms with van der Waals surface area (Å²) < 4.78 is 0. The van der Waals surface area contributed by atoms with Crippen molar-refractivity contribution in [3.05, 3.63) is 23.8 Å². The van der Waals surface area contributed by atoms with Crippen molar-refractivity contribution in [2.24, 2.45) is 0 Å². The Labute approximate surface area is 76.4 Å². The lowest BCUT2D eigenvalue weighted by Gasteiger charge is -2.07. The van der Waals surface area contributed by atoms with Crippen LogP contribution in [0.2, 0.25) is 0 Å². The van der Waals surface area contributed by atoms with Gasteiger partial charge in [0.2, 0.25) is 0 Å². The maximum atomic E-state index is 2.46. The molecule has 0 saturated carbocycles. The van der Waals surface area contributed by atoms with E-state index in [0.717, 1.165) is 0 Å². The topological polar surface area (TPSA) is 0 Å². The van der Waals surface area contributed by atoms with E-state index >= 15 is 0 Å². The van der Waals surface area contributed by atoms with Crippen LogP contribution in [-0.2, 0) is 0 Å². The van der Waals surface area contributed by atoms with E-state index in [4.69, 9.17) is 0 Å². The number of hydrogen-bond donors (Lipinski definition) is 0. The Kier molecular flexibility index (Phi) is 4.82. The number of allylic oxidation sites excluding steroid dienone is 4. The second-order valence-electron chi connectivity index (χ2n) is 3.55. The van der Waals surface area contributed by atoms with Gasteiger partial charge in [-0.1, -0.05) is 37.1 Å². The van der Waals surface area contributed by atoms with E-state index in [9.17, 15) is 0 Å². The third kappa shape index (κ3) is 3.75. The zero-order chi connectivity index (χ0) is 8.65. The number of unbranched alkanes of at least 4 members (excludes halogenated alkanes) is 1. The highest BCUT2D eigenvalue weighted by Crippen LogP contribution is 2.17. The van der Waals surface area contributed by atoms with Gasteiger partial charge in [-0.25, -0.2) is 0 Å². The standard InChI is InChI=1S/C12H20/c1-2-3-9-12-10-7-5-4-6-8-11-12/h4-5,11H,2-3,6-10H2,1H3/b5-4-,12-11-. The van der Waals surface area contributed by atoms with Gasteiger partial charge in [-0.15, -0.1) is 0 Å². The summed E-state index contributed by atoms with van der Waals surface area (Å²) in [5.41, 5.74) is 1.70. The Balaban J connectivity index is 2.29. The van der Waals surface area contributed by atoms with Gasteiger partial charge < -0.3 is 0 Å². The minimum atomic E-state index is 1.25. The van der Waals surface area contributed by atoms with Crippen LogP contribution < -0.4 is 0 Å². The smallest absolute Gasteiger partial charge is 0.0286 e. The SMILES string of the molecule is CCCC/C1=C/CC/C=C\CC1. The molecule has 1 aliphatic carbocycles. The van der Waals surface area contributed by atoms with Crippen molar-refractivity contribution in [3.63, 3.8) is 0 Å². The molecule has 0 fully saturated rings. The summed E-state index contributed by atoms with van der Waals surface area (Å²) in [4.78, 5) is 0. The molecular weight excluding hydrogens is 144 g/mol. The quantitative estimate of drug-likeness (QED) is 0.547. The maximum absolute atomic E-state index is 2.46. The predicted octanol–water partition coefficient (Wildman–Crippen LogP) is 4.23. The lowest BCUT2D eigenvalue weighted by Crippen LogP contribution is -1.87. The molecule has 0 aromatic heterocycles. The van der Waals surface area contributed by atoms with E-state index in [1.807, 2.05) is 0 Å². The van der Waals surface area contributed by atoms with Crippen LogP contribution in [0, 0.1) is 0 Å². The second-order valence-corrected chi connectivity index (χ2v) is 3.55. The van der Waals surface area contributed by atoms with E-state index in [1.54, 1.807) is 5.57 Å². The van der Waals surface area contributed by atoms with Crippen LogP contribution in [0.5, 0.6) is 0 Å². The third-order valence-electron chi connectivity index (χ3n) is 2.42. The summed E-state index contributed by atoms with van der Waals surface area (Å²) in [6.45, 7) is 2.27. The molecule has 0 heterocycles. The lowest BCUT2D eigenvalue weighted by atomic mass is 10.00. The molecule has 1 aliphatic rings.